The Kier molecular flexibility index (Phi) is 2.53. The van der Waals surface area contributed by atoms with Gasteiger partial charge >= 0.3 is 0 Å². The van der Waals surface area contributed by atoms with Gasteiger partial charge in [-0.2, -0.15) is 0 Å². The SMILES string of the molecule is O=c1c2ccncc2[nH]c(=S)n1-c1ccccc1. The first-order valence-corrected chi connectivity index (χ1v) is 5.83. The lowest BCUT2D eigenvalue weighted by molar-refractivity contribution is 0.938. The van der Waals surface area contributed by atoms with Crippen molar-refractivity contribution in [2.45, 2.75) is 0 Å². The maximum Gasteiger partial charge on any atom is 0.266 e. The molecule has 0 atom stereocenters. The zero-order valence-electron chi connectivity index (χ0n) is 9.33. The molecule has 5 heteroatoms. The normalized spacial score (nSPS) is 10.7. The number of para-hydroxylation sites is 1. The van der Waals surface area contributed by atoms with E-state index in [2.05, 4.69) is 9.97 Å². The smallest absolute Gasteiger partial charge is 0.266 e. The van der Waals surface area contributed by atoms with Crippen molar-refractivity contribution in [1.29, 1.82) is 0 Å². The minimum absolute atomic E-state index is 0.137. The molecule has 1 N–H and O–H groups in total. The number of H-pyrrole nitrogens is 1. The van der Waals surface area contributed by atoms with E-state index in [9.17, 15) is 4.79 Å². The van der Waals surface area contributed by atoms with Crippen molar-refractivity contribution in [3.8, 4) is 5.69 Å². The predicted molar refractivity (Wildman–Crippen MR) is 72.5 cm³/mol. The average Bonchev–Trinajstić information content (AvgIpc) is 2.40. The van der Waals surface area contributed by atoms with Crippen molar-refractivity contribution in [1.82, 2.24) is 14.5 Å². The van der Waals surface area contributed by atoms with Crippen LogP contribution < -0.4 is 5.56 Å². The third-order valence-electron chi connectivity index (χ3n) is 2.71. The zero-order valence-corrected chi connectivity index (χ0v) is 10.1. The molecule has 0 aliphatic carbocycles. The molecule has 0 aliphatic heterocycles. The van der Waals surface area contributed by atoms with Gasteiger partial charge in [0.15, 0.2) is 4.77 Å². The van der Waals surface area contributed by atoms with E-state index in [0.29, 0.717) is 15.7 Å². The molecule has 2 heterocycles. The third-order valence-corrected chi connectivity index (χ3v) is 3.00. The number of aromatic nitrogens is 3. The Labute approximate surface area is 108 Å². The summed E-state index contributed by atoms with van der Waals surface area (Å²) >= 11 is 5.23. The first-order valence-electron chi connectivity index (χ1n) is 5.42. The number of nitrogens with one attached hydrogen (secondary N) is 1. The number of hydrogen-bond acceptors (Lipinski definition) is 3. The van der Waals surface area contributed by atoms with Gasteiger partial charge < -0.3 is 4.98 Å². The van der Waals surface area contributed by atoms with Crippen LogP contribution in [0.25, 0.3) is 16.6 Å². The summed E-state index contributed by atoms with van der Waals surface area (Å²) in [6.07, 6.45) is 3.19. The lowest BCUT2D eigenvalue weighted by Gasteiger charge is -2.07. The zero-order chi connectivity index (χ0) is 12.5. The highest BCUT2D eigenvalue weighted by Gasteiger charge is 2.06. The summed E-state index contributed by atoms with van der Waals surface area (Å²) in [5.74, 6) is 0. The fraction of sp³-hybridized carbons (Fsp3) is 0. The molecule has 1 aromatic carbocycles. The van der Waals surface area contributed by atoms with Crippen LogP contribution in [0.3, 0.4) is 0 Å². The number of benzene rings is 1. The largest absolute Gasteiger partial charge is 0.330 e. The van der Waals surface area contributed by atoms with Crippen molar-refractivity contribution in [3.05, 3.63) is 63.9 Å². The van der Waals surface area contributed by atoms with Gasteiger partial charge in [0.1, 0.15) is 0 Å². The molecule has 18 heavy (non-hydrogen) atoms. The highest BCUT2D eigenvalue weighted by atomic mass is 32.1. The minimum atomic E-state index is -0.137. The van der Waals surface area contributed by atoms with Gasteiger partial charge in [0.05, 0.1) is 22.8 Å². The Balaban J connectivity index is 2.45. The maximum atomic E-state index is 12.4. The summed E-state index contributed by atoms with van der Waals surface area (Å²) in [6, 6.07) is 11.0. The van der Waals surface area contributed by atoms with Crippen molar-refractivity contribution in [2.75, 3.05) is 0 Å². The van der Waals surface area contributed by atoms with Crippen LogP contribution in [-0.2, 0) is 0 Å². The predicted octanol–water partition coefficient (Wildman–Crippen LogP) is 2.44. The van der Waals surface area contributed by atoms with Crippen LogP contribution in [0.2, 0.25) is 0 Å². The molecule has 0 spiro atoms. The fourth-order valence-electron chi connectivity index (χ4n) is 1.88. The van der Waals surface area contributed by atoms with Gasteiger partial charge in [0.25, 0.3) is 5.56 Å². The van der Waals surface area contributed by atoms with E-state index in [1.807, 2.05) is 30.3 Å². The van der Waals surface area contributed by atoms with Gasteiger partial charge in [-0.25, -0.2) is 0 Å². The standard InChI is InChI=1S/C13H9N3OS/c17-12-10-6-7-14-8-11(10)15-13(18)16(12)9-4-2-1-3-5-9/h1-8H,(H,15,18). The fourth-order valence-corrected chi connectivity index (χ4v) is 2.17. The van der Waals surface area contributed by atoms with Crippen molar-refractivity contribution in [2.24, 2.45) is 0 Å². The Hall–Kier alpha value is -2.27. The lowest BCUT2D eigenvalue weighted by atomic mass is 10.3. The third kappa shape index (κ3) is 1.65. The van der Waals surface area contributed by atoms with Crippen LogP contribution in [-0.4, -0.2) is 14.5 Å². The number of fused-ring (bicyclic) bond motifs is 1. The number of pyridine rings is 1. The van der Waals surface area contributed by atoms with E-state index in [0.717, 1.165) is 5.69 Å². The number of aromatic amines is 1. The molecule has 2 aromatic heterocycles. The minimum Gasteiger partial charge on any atom is -0.330 e. The molecule has 0 bridgehead atoms. The lowest BCUT2D eigenvalue weighted by Crippen LogP contribution is -2.20. The van der Waals surface area contributed by atoms with Gasteiger partial charge in [-0.05, 0) is 30.4 Å². The van der Waals surface area contributed by atoms with E-state index in [-0.39, 0.29) is 5.56 Å². The second-order valence-corrected chi connectivity index (χ2v) is 4.21. The summed E-state index contributed by atoms with van der Waals surface area (Å²) in [7, 11) is 0. The van der Waals surface area contributed by atoms with Crippen LogP contribution in [0.4, 0.5) is 0 Å². The molecule has 0 radical (unpaired) electrons. The van der Waals surface area contributed by atoms with Gasteiger partial charge in [-0.3, -0.25) is 14.3 Å². The van der Waals surface area contributed by atoms with E-state index < -0.39 is 0 Å². The van der Waals surface area contributed by atoms with Crippen molar-refractivity contribution < 1.29 is 0 Å². The number of rotatable bonds is 1. The monoisotopic (exact) mass is 255 g/mol. The topological polar surface area (TPSA) is 50.7 Å². The average molecular weight is 255 g/mol. The highest BCUT2D eigenvalue weighted by Crippen LogP contribution is 2.09. The first kappa shape index (κ1) is 10.9. The highest BCUT2D eigenvalue weighted by molar-refractivity contribution is 7.71. The Bertz CT molecular complexity index is 821. The van der Waals surface area contributed by atoms with E-state index >= 15 is 0 Å². The molecule has 3 aromatic rings. The first-order chi connectivity index (χ1) is 8.77. The maximum absolute atomic E-state index is 12.4. The van der Waals surface area contributed by atoms with Crippen molar-refractivity contribution >= 4 is 23.1 Å². The second kappa shape index (κ2) is 4.19. The summed E-state index contributed by atoms with van der Waals surface area (Å²) in [6.45, 7) is 0. The molecule has 0 fully saturated rings. The molecule has 0 unspecified atom stereocenters. The van der Waals surface area contributed by atoms with Crippen LogP contribution in [0.1, 0.15) is 0 Å². The van der Waals surface area contributed by atoms with Crippen LogP contribution in [0.5, 0.6) is 0 Å². The number of hydrogen-bond donors (Lipinski definition) is 1. The Morgan fingerprint density at radius 3 is 2.72 bits per heavy atom. The molecule has 0 amide bonds. The van der Waals surface area contributed by atoms with Gasteiger partial charge in [-0.15, -0.1) is 0 Å². The van der Waals surface area contributed by atoms with Crippen LogP contribution in [0, 0.1) is 4.77 Å². The molecular weight excluding hydrogens is 246 g/mol. The molecule has 0 aliphatic rings. The van der Waals surface area contributed by atoms with E-state index in [1.54, 1.807) is 18.5 Å². The molecule has 88 valence electrons. The summed E-state index contributed by atoms with van der Waals surface area (Å²) < 4.78 is 1.85. The van der Waals surface area contributed by atoms with Crippen LogP contribution >= 0.6 is 12.2 Å². The Morgan fingerprint density at radius 2 is 1.94 bits per heavy atom. The van der Waals surface area contributed by atoms with Gasteiger partial charge in [0, 0.05) is 6.20 Å². The Morgan fingerprint density at radius 1 is 1.17 bits per heavy atom. The summed E-state index contributed by atoms with van der Waals surface area (Å²) in [5.41, 5.74) is 1.27. The van der Waals surface area contributed by atoms with E-state index in [1.165, 1.54) is 4.57 Å². The summed E-state index contributed by atoms with van der Waals surface area (Å²) in [4.78, 5) is 19.4. The second-order valence-electron chi connectivity index (χ2n) is 3.83. The molecule has 4 nitrogen and oxygen atoms in total. The van der Waals surface area contributed by atoms with Gasteiger partial charge in [0.2, 0.25) is 0 Å². The van der Waals surface area contributed by atoms with Crippen molar-refractivity contribution in [3.63, 3.8) is 0 Å². The van der Waals surface area contributed by atoms with Gasteiger partial charge in [-0.1, -0.05) is 18.2 Å². The molecule has 0 saturated heterocycles. The molecule has 0 saturated carbocycles. The number of nitrogens with zero attached hydrogens (tertiary/aromatic N) is 2. The molecule has 3 rings (SSSR count). The quantitative estimate of drug-likeness (QED) is 0.679. The van der Waals surface area contributed by atoms with E-state index in [4.69, 9.17) is 12.2 Å². The summed E-state index contributed by atoms with van der Waals surface area (Å²) in [5, 5.41) is 0.572. The van der Waals surface area contributed by atoms with Crippen LogP contribution in [0.15, 0.2) is 53.6 Å². The molecular formula is C13H9N3OS.